The molecule has 0 aromatic heterocycles. The quantitative estimate of drug-likeness (QED) is 0.568. The molecular weight excluding hydrogens is 444 g/mol. The predicted molar refractivity (Wildman–Crippen MR) is 133 cm³/mol. The first kappa shape index (κ1) is 24.8. The zero-order valence-electron chi connectivity index (χ0n) is 20.4. The van der Waals surface area contributed by atoms with Gasteiger partial charge >= 0.3 is 12.1 Å². The van der Waals surface area contributed by atoms with Gasteiger partial charge in [0.1, 0.15) is 6.61 Å². The minimum absolute atomic E-state index is 0.0237. The van der Waals surface area contributed by atoms with Crippen molar-refractivity contribution in [2.45, 2.75) is 64.0 Å². The molecular formula is C28H34N2O5. The van der Waals surface area contributed by atoms with Gasteiger partial charge in [0.25, 0.3) is 0 Å². The van der Waals surface area contributed by atoms with Crippen LogP contribution in [0.4, 0.5) is 4.79 Å². The lowest BCUT2D eigenvalue weighted by Gasteiger charge is -2.36. The fourth-order valence-electron chi connectivity index (χ4n) is 5.65. The number of nitrogens with one attached hydrogen (secondary N) is 1. The Labute approximate surface area is 206 Å². The van der Waals surface area contributed by atoms with Gasteiger partial charge in [-0.2, -0.15) is 0 Å². The molecule has 1 saturated carbocycles. The van der Waals surface area contributed by atoms with Crippen LogP contribution in [0.3, 0.4) is 0 Å². The third-order valence-electron chi connectivity index (χ3n) is 7.36. The molecule has 4 rings (SSSR count). The zero-order valence-corrected chi connectivity index (χ0v) is 20.4. The van der Waals surface area contributed by atoms with Crippen molar-refractivity contribution in [3.63, 3.8) is 0 Å². The van der Waals surface area contributed by atoms with Crippen molar-refractivity contribution < 1.29 is 24.2 Å². The molecule has 7 heteroatoms. The second-order valence-corrected chi connectivity index (χ2v) is 9.54. The number of amides is 2. The lowest BCUT2D eigenvalue weighted by molar-refractivity contribution is -0.143. The Balaban J connectivity index is 1.41. The van der Waals surface area contributed by atoms with Crippen LogP contribution in [0.1, 0.15) is 63.0 Å². The maximum atomic E-state index is 13.3. The molecule has 186 valence electrons. The topological polar surface area (TPSA) is 95.9 Å². The summed E-state index contributed by atoms with van der Waals surface area (Å²) in [6, 6.07) is 15.7. The number of nitrogens with zero attached hydrogens (tertiary/aromatic N) is 1. The molecule has 0 radical (unpaired) electrons. The third kappa shape index (κ3) is 5.34. The van der Waals surface area contributed by atoms with E-state index in [1.54, 1.807) is 11.8 Å². The van der Waals surface area contributed by atoms with Gasteiger partial charge in [-0.1, -0.05) is 61.4 Å². The maximum Gasteiger partial charge on any atom is 0.407 e. The molecule has 1 unspecified atom stereocenters. The number of carbonyl (C=O) groups excluding carboxylic acids is 2. The molecule has 35 heavy (non-hydrogen) atoms. The number of ether oxygens (including phenoxy) is 1. The largest absolute Gasteiger partial charge is 0.481 e. The van der Waals surface area contributed by atoms with Gasteiger partial charge in [-0.05, 0) is 48.9 Å². The summed E-state index contributed by atoms with van der Waals surface area (Å²) in [6.45, 7) is 4.27. The molecule has 0 saturated heterocycles. The second-order valence-electron chi connectivity index (χ2n) is 9.54. The van der Waals surface area contributed by atoms with Gasteiger partial charge in [-0.25, -0.2) is 4.79 Å². The van der Waals surface area contributed by atoms with E-state index in [4.69, 9.17) is 9.84 Å². The number of carboxylic acids is 1. The number of fused-ring (bicyclic) bond motifs is 3. The summed E-state index contributed by atoms with van der Waals surface area (Å²) in [6.07, 6.45) is 2.59. The minimum atomic E-state index is -0.930. The van der Waals surface area contributed by atoms with E-state index in [1.165, 1.54) is 11.1 Å². The molecule has 2 aromatic rings. The number of carboxylic acid groups (broad SMARTS) is 1. The lowest BCUT2D eigenvalue weighted by atomic mass is 9.83. The van der Waals surface area contributed by atoms with Gasteiger partial charge < -0.3 is 20.1 Å². The lowest BCUT2D eigenvalue weighted by Crippen LogP contribution is -2.51. The Bertz CT molecular complexity index is 1040. The van der Waals surface area contributed by atoms with Crippen LogP contribution in [0.15, 0.2) is 48.5 Å². The van der Waals surface area contributed by atoms with Crippen molar-refractivity contribution in [3.8, 4) is 11.1 Å². The van der Waals surface area contributed by atoms with Gasteiger partial charge in [-0.3, -0.25) is 9.59 Å². The average molecular weight is 479 g/mol. The molecule has 1 fully saturated rings. The molecule has 2 N–H and O–H groups in total. The molecule has 2 aliphatic carbocycles. The minimum Gasteiger partial charge on any atom is -0.481 e. The molecule has 0 bridgehead atoms. The average Bonchev–Trinajstić information content (AvgIpc) is 3.17. The van der Waals surface area contributed by atoms with Gasteiger partial charge in [0.15, 0.2) is 0 Å². The first-order chi connectivity index (χ1) is 16.9. The predicted octanol–water partition coefficient (Wildman–Crippen LogP) is 4.80. The van der Waals surface area contributed by atoms with E-state index < -0.39 is 18.1 Å². The number of carbonyl (C=O) groups is 3. The van der Waals surface area contributed by atoms with Gasteiger partial charge in [0, 0.05) is 24.5 Å². The highest BCUT2D eigenvalue weighted by Gasteiger charge is 2.36. The summed E-state index contributed by atoms with van der Waals surface area (Å²) in [5, 5.41) is 12.1. The molecule has 2 aromatic carbocycles. The smallest absolute Gasteiger partial charge is 0.407 e. The van der Waals surface area contributed by atoms with Crippen LogP contribution in [0.25, 0.3) is 11.1 Å². The standard InChI is InChI=1S/C28H34N2O5/c1-3-30(18(2)16-26(31)32)27(33)23-14-8-9-15-25(23)29-28(34)35-17-24-21-12-6-4-10-19(21)20-11-5-7-13-22(20)24/h4-7,10-13,18,23-25H,3,8-9,14-17H2,1-2H3,(H,29,34)(H,31,32)/t18?,23-,25+/m0/s1. The van der Waals surface area contributed by atoms with Crippen LogP contribution >= 0.6 is 0 Å². The van der Waals surface area contributed by atoms with Crippen molar-refractivity contribution in [2.75, 3.05) is 13.2 Å². The summed E-state index contributed by atoms with van der Waals surface area (Å²) in [5.74, 6) is -1.42. The number of rotatable bonds is 8. The monoisotopic (exact) mass is 478 g/mol. The fourth-order valence-corrected chi connectivity index (χ4v) is 5.65. The van der Waals surface area contributed by atoms with E-state index in [0.29, 0.717) is 19.4 Å². The maximum absolute atomic E-state index is 13.3. The summed E-state index contributed by atoms with van der Waals surface area (Å²) in [7, 11) is 0. The highest BCUT2D eigenvalue weighted by Crippen LogP contribution is 2.44. The molecule has 0 spiro atoms. The molecule has 3 atom stereocenters. The first-order valence-electron chi connectivity index (χ1n) is 12.5. The summed E-state index contributed by atoms with van der Waals surface area (Å²) in [5.41, 5.74) is 4.65. The Morgan fingerprint density at radius 2 is 1.63 bits per heavy atom. The number of hydrogen-bond acceptors (Lipinski definition) is 4. The molecule has 2 amide bonds. The van der Waals surface area contributed by atoms with E-state index >= 15 is 0 Å². The second kappa shape index (κ2) is 10.9. The Hall–Kier alpha value is -3.35. The summed E-state index contributed by atoms with van der Waals surface area (Å²) >= 11 is 0. The van der Waals surface area contributed by atoms with Crippen molar-refractivity contribution in [2.24, 2.45) is 5.92 Å². The third-order valence-corrected chi connectivity index (χ3v) is 7.36. The summed E-state index contributed by atoms with van der Waals surface area (Å²) < 4.78 is 5.70. The Morgan fingerprint density at radius 3 is 2.23 bits per heavy atom. The molecule has 7 nitrogen and oxygen atoms in total. The number of alkyl carbamates (subject to hydrolysis) is 1. The first-order valence-corrected chi connectivity index (χ1v) is 12.5. The normalized spacial score (nSPS) is 19.8. The Kier molecular flexibility index (Phi) is 7.73. The fraction of sp³-hybridized carbons (Fsp3) is 0.464. The number of hydrogen-bond donors (Lipinski definition) is 2. The van der Waals surface area contributed by atoms with Crippen LogP contribution in [0.5, 0.6) is 0 Å². The highest BCUT2D eigenvalue weighted by atomic mass is 16.5. The zero-order chi connectivity index (χ0) is 24.9. The summed E-state index contributed by atoms with van der Waals surface area (Å²) in [4.78, 5) is 39.0. The molecule has 2 aliphatic rings. The van der Waals surface area contributed by atoms with Crippen molar-refractivity contribution in [1.82, 2.24) is 10.2 Å². The highest BCUT2D eigenvalue weighted by molar-refractivity contribution is 5.82. The van der Waals surface area contributed by atoms with E-state index in [2.05, 4.69) is 29.6 Å². The van der Waals surface area contributed by atoms with Crippen LogP contribution in [0, 0.1) is 5.92 Å². The van der Waals surface area contributed by atoms with Crippen molar-refractivity contribution in [1.29, 1.82) is 0 Å². The molecule has 0 heterocycles. The van der Waals surface area contributed by atoms with Crippen molar-refractivity contribution >= 4 is 18.0 Å². The number of aliphatic carboxylic acids is 1. The SMILES string of the molecule is CCN(C(=O)[C@H]1CCCC[C@H]1NC(=O)OCC1c2ccccc2-c2ccccc21)C(C)CC(=O)O. The van der Waals surface area contributed by atoms with E-state index in [-0.39, 0.29) is 36.8 Å². The van der Waals surface area contributed by atoms with Crippen LogP contribution in [0.2, 0.25) is 0 Å². The van der Waals surface area contributed by atoms with Crippen molar-refractivity contribution in [3.05, 3.63) is 59.7 Å². The van der Waals surface area contributed by atoms with E-state index in [0.717, 1.165) is 24.0 Å². The van der Waals surface area contributed by atoms with Crippen LogP contribution < -0.4 is 5.32 Å². The molecule has 0 aliphatic heterocycles. The van der Waals surface area contributed by atoms with Gasteiger partial charge in [0.05, 0.1) is 12.3 Å². The van der Waals surface area contributed by atoms with Crippen LogP contribution in [-0.2, 0) is 14.3 Å². The van der Waals surface area contributed by atoms with Crippen LogP contribution in [-0.4, -0.2) is 53.2 Å². The number of benzene rings is 2. The van der Waals surface area contributed by atoms with Gasteiger partial charge in [-0.15, -0.1) is 0 Å². The van der Waals surface area contributed by atoms with Gasteiger partial charge in [0.2, 0.25) is 5.91 Å². The Morgan fingerprint density at radius 1 is 1.03 bits per heavy atom. The van der Waals surface area contributed by atoms with E-state index in [1.807, 2.05) is 31.2 Å². The van der Waals surface area contributed by atoms with E-state index in [9.17, 15) is 14.4 Å².